The van der Waals surface area contributed by atoms with Gasteiger partial charge >= 0.3 is 5.89 Å². The molecule has 3 aromatic rings. The predicted octanol–water partition coefficient (Wildman–Crippen LogP) is 3.93. The molecule has 0 aliphatic carbocycles. The lowest BCUT2D eigenvalue weighted by Crippen LogP contribution is -2.10. The van der Waals surface area contributed by atoms with Crippen LogP contribution in [0.2, 0.25) is 0 Å². The molecule has 2 aromatic carbocycles. The molecular formula is C18H17N2OS+. The summed E-state index contributed by atoms with van der Waals surface area (Å²) in [6.45, 7) is 1.12. The van der Waals surface area contributed by atoms with Gasteiger partial charge in [0, 0.05) is 19.3 Å². The average molecular weight is 309 g/mol. The fraction of sp³-hybridized carbons (Fsp3) is 0.167. The minimum Gasteiger partial charge on any atom is -0.398 e. The number of H-pyrrole nitrogens is 1. The number of rotatable bonds is 2. The van der Waals surface area contributed by atoms with Crippen LogP contribution in [0.25, 0.3) is 27.9 Å². The highest BCUT2D eigenvalue weighted by atomic mass is 32.2. The molecule has 2 heterocycles. The maximum Gasteiger partial charge on any atom is 0.372 e. The van der Waals surface area contributed by atoms with Crippen LogP contribution in [-0.2, 0) is 0 Å². The molecule has 4 rings (SSSR count). The van der Waals surface area contributed by atoms with Crippen LogP contribution in [0.3, 0.4) is 0 Å². The van der Waals surface area contributed by atoms with Gasteiger partial charge < -0.3 is 9.32 Å². The molecule has 0 amide bonds. The van der Waals surface area contributed by atoms with Gasteiger partial charge in [0.25, 0.3) is 5.52 Å². The van der Waals surface area contributed by atoms with Crippen molar-refractivity contribution in [3.05, 3.63) is 59.5 Å². The standard InChI is InChI=1S/C18H16N2OS/c1-20-11-12-22-17(20)8-4-7-16-19-18-14-6-3-2-5-13(14)9-10-15(18)21-16/h2-10H,11-12H2,1H3/p+1/b7-4+,17-8-. The van der Waals surface area contributed by atoms with Crippen molar-refractivity contribution >= 4 is 39.7 Å². The molecule has 0 saturated carbocycles. The number of nitrogens with zero attached hydrogens (tertiary/aromatic N) is 1. The van der Waals surface area contributed by atoms with Gasteiger partial charge in [0.05, 0.1) is 16.5 Å². The Bertz CT molecular complexity index is 894. The van der Waals surface area contributed by atoms with E-state index in [1.807, 2.05) is 30.0 Å². The zero-order valence-corrected chi connectivity index (χ0v) is 13.2. The van der Waals surface area contributed by atoms with Gasteiger partial charge in [-0.3, -0.25) is 0 Å². The number of thioether (sulfide) groups is 1. The first-order valence-corrected chi connectivity index (χ1v) is 8.36. The van der Waals surface area contributed by atoms with Crippen molar-refractivity contribution in [3.63, 3.8) is 0 Å². The van der Waals surface area contributed by atoms with Gasteiger partial charge in [0.1, 0.15) is 0 Å². The molecule has 1 fully saturated rings. The number of hydrogen-bond acceptors (Lipinski definition) is 3. The molecule has 110 valence electrons. The maximum atomic E-state index is 5.88. The van der Waals surface area contributed by atoms with Crippen molar-refractivity contribution in [2.45, 2.75) is 0 Å². The first-order valence-electron chi connectivity index (χ1n) is 7.37. The Labute approximate surface area is 133 Å². The van der Waals surface area contributed by atoms with Gasteiger partial charge in [-0.2, -0.15) is 4.98 Å². The number of oxazole rings is 1. The summed E-state index contributed by atoms with van der Waals surface area (Å²) >= 11 is 1.89. The molecule has 1 N–H and O–H groups in total. The number of aromatic amines is 1. The zero-order valence-electron chi connectivity index (χ0n) is 12.4. The largest absolute Gasteiger partial charge is 0.398 e. The Kier molecular flexibility index (Phi) is 3.39. The molecule has 0 spiro atoms. The third kappa shape index (κ3) is 2.40. The van der Waals surface area contributed by atoms with E-state index in [2.05, 4.69) is 53.3 Å². The average Bonchev–Trinajstić information content (AvgIpc) is 3.14. The van der Waals surface area contributed by atoms with Gasteiger partial charge in [-0.1, -0.05) is 24.3 Å². The molecule has 0 atom stereocenters. The Morgan fingerprint density at radius 3 is 3.00 bits per heavy atom. The summed E-state index contributed by atoms with van der Waals surface area (Å²) in [6.07, 6.45) is 6.16. The molecule has 3 nitrogen and oxygen atoms in total. The van der Waals surface area contributed by atoms with Gasteiger partial charge in [0.15, 0.2) is 0 Å². The second kappa shape index (κ2) is 5.54. The van der Waals surface area contributed by atoms with Crippen molar-refractivity contribution in [3.8, 4) is 0 Å². The van der Waals surface area contributed by atoms with Crippen LogP contribution >= 0.6 is 11.8 Å². The first-order chi connectivity index (χ1) is 10.8. The SMILES string of the molecule is CN1CCS/C1=C\C=C\c1[nH+]c2c(ccc3ccccc32)o1. The van der Waals surface area contributed by atoms with Crippen LogP contribution in [0.5, 0.6) is 0 Å². The fourth-order valence-electron chi connectivity index (χ4n) is 2.71. The van der Waals surface area contributed by atoms with E-state index < -0.39 is 0 Å². The summed E-state index contributed by atoms with van der Waals surface area (Å²) in [5.41, 5.74) is 1.94. The Hall–Kier alpha value is -2.20. The van der Waals surface area contributed by atoms with E-state index in [0.717, 1.165) is 23.5 Å². The molecule has 22 heavy (non-hydrogen) atoms. The van der Waals surface area contributed by atoms with Crippen molar-refractivity contribution < 1.29 is 9.40 Å². The predicted molar refractivity (Wildman–Crippen MR) is 92.5 cm³/mol. The Morgan fingerprint density at radius 1 is 1.23 bits per heavy atom. The van der Waals surface area contributed by atoms with Gasteiger partial charge in [-0.25, -0.2) is 0 Å². The minimum absolute atomic E-state index is 0.772. The van der Waals surface area contributed by atoms with Crippen LogP contribution in [0.4, 0.5) is 0 Å². The second-order valence-corrected chi connectivity index (χ2v) is 6.50. The number of hydrogen-bond donors (Lipinski definition) is 0. The summed E-state index contributed by atoms with van der Waals surface area (Å²) in [5, 5.41) is 3.71. The molecule has 1 aliphatic heterocycles. The monoisotopic (exact) mass is 309 g/mol. The summed E-state index contributed by atoms with van der Waals surface area (Å²) in [5.74, 6) is 1.94. The fourth-order valence-corrected chi connectivity index (χ4v) is 3.77. The van der Waals surface area contributed by atoms with E-state index in [-0.39, 0.29) is 0 Å². The van der Waals surface area contributed by atoms with E-state index in [0.29, 0.717) is 0 Å². The first kappa shape index (κ1) is 13.5. The highest BCUT2D eigenvalue weighted by molar-refractivity contribution is 8.03. The molecule has 4 heteroatoms. The Morgan fingerprint density at radius 2 is 2.14 bits per heavy atom. The van der Waals surface area contributed by atoms with Crippen LogP contribution in [-0.4, -0.2) is 24.2 Å². The summed E-state index contributed by atoms with van der Waals surface area (Å²) in [4.78, 5) is 5.64. The van der Waals surface area contributed by atoms with Crippen molar-refractivity contribution in [2.24, 2.45) is 0 Å². The van der Waals surface area contributed by atoms with Crippen LogP contribution in [0.1, 0.15) is 5.89 Å². The van der Waals surface area contributed by atoms with Crippen LogP contribution < -0.4 is 4.98 Å². The Balaban J connectivity index is 1.69. The maximum absolute atomic E-state index is 5.88. The quantitative estimate of drug-likeness (QED) is 0.718. The van der Waals surface area contributed by atoms with Crippen molar-refractivity contribution in [1.82, 2.24) is 4.90 Å². The minimum atomic E-state index is 0.772. The lowest BCUT2D eigenvalue weighted by Gasteiger charge is -2.09. The lowest BCUT2D eigenvalue weighted by molar-refractivity contribution is -0.356. The number of fused-ring (bicyclic) bond motifs is 3. The van der Waals surface area contributed by atoms with E-state index in [9.17, 15) is 0 Å². The highest BCUT2D eigenvalue weighted by Gasteiger charge is 2.14. The molecule has 0 unspecified atom stereocenters. The lowest BCUT2D eigenvalue weighted by atomic mass is 10.1. The van der Waals surface area contributed by atoms with Gasteiger partial charge in [0.2, 0.25) is 5.58 Å². The molecule has 1 aliphatic rings. The topological polar surface area (TPSA) is 30.5 Å². The smallest absolute Gasteiger partial charge is 0.372 e. The molecule has 0 radical (unpaired) electrons. The number of benzene rings is 2. The second-order valence-electron chi connectivity index (χ2n) is 5.39. The summed E-state index contributed by atoms with van der Waals surface area (Å²) in [6, 6.07) is 12.4. The molecular weight excluding hydrogens is 292 g/mol. The number of allylic oxidation sites excluding steroid dienone is 2. The van der Waals surface area contributed by atoms with Gasteiger partial charge in [-0.05, 0) is 29.7 Å². The van der Waals surface area contributed by atoms with E-state index in [1.165, 1.54) is 21.6 Å². The normalized spacial score (nSPS) is 17.5. The van der Waals surface area contributed by atoms with E-state index >= 15 is 0 Å². The van der Waals surface area contributed by atoms with Crippen molar-refractivity contribution in [2.75, 3.05) is 19.3 Å². The third-order valence-corrected chi connectivity index (χ3v) is 5.03. The van der Waals surface area contributed by atoms with Crippen LogP contribution in [0.15, 0.2) is 58.0 Å². The van der Waals surface area contributed by atoms with E-state index in [4.69, 9.17) is 4.42 Å². The van der Waals surface area contributed by atoms with E-state index in [1.54, 1.807) is 0 Å². The van der Waals surface area contributed by atoms with Gasteiger partial charge in [-0.15, -0.1) is 11.8 Å². The highest BCUT2D eigenvalue weighted by Crippen LogP contribution is 2.26. The zero-order chi connectivity index (χ0) is 14.9. The van der Waals surface area contributed by atoms with Crippen molar-refractivity contribution in [1.29, 1.82) is 0 Å². The number of nitrogens with one attached hydrogen (secondary N) is 1. The summed E-state index contributed by atoms with van der Waals surface area (Å²) < 4.78 is 5.88. The van der Waals surface area contributed by atoms with Crippen LogP contribution in [0, 0.1) is 0 Å². The summed E-state index contributed by atoms with van der Waals surface area (Å²) in [7, 11) is 2.12. The molecule has 0 bridgehead atoms. The number of aromatic nitrogens is 1. The molecule has 1 saturated heterocycles. The molecule has 1 aromatic heterocycles. The third-order valence-electron chi connectivity index (χ3n) is 3.90.